The van der Waals surface area contributed by atoms with E-state index in [9.17, 15) is 18.4 Å². The first-order valence-electron chi connectivity index (χ1n) is 11.4. The number of carbonyl (C=O) groups is 1. The number of nitrogens with one attached hydrogen (secondary N) is 1. The minimum Gasteiger partial charge on any atom is -0.477 e. The number of nitrogen functional groups attached to an aromatic ring is 1. The van der Waals surface area contributed by atoms with E-state index in [1.165, 1.54) is 54.7 Å². The molecule has 0 amide bonds. The number of carboxylic acids is 1. The van der Waals surface area contributed by atoms with Crippen molar-refractivity contribution in [3.05, 3.63) is 101 Å². The third kappa shape index (κ3) is 6.12. The SMILES string of the molecule is CC1(C)CSc2c(Oc3ccc(N)cc3F)ccnc2N1.O=C(O)c1cccn(-c2ccc(F)cc2)c1=O. The monoisotopic (exact) mass is 538 g/mol. The van der Waals surface area contributed by atoms with Crippen LogP contribution in [0, 0.1) is 11.6 Å². The number of rotatable bonds is 4. The molecule has 4 aromatic rings. The van der Waals surface area contributed by atoms with Crippen molar-refractivity contribution in [2.75, 3.05) is 16.8 Å². The Labute approximate surface area is 221 Å². The highest BCUT2D eigenvalue weighted by atomic mass is 32.2. The Morgan fingerprint density at radius 3 is 2.55 bits per heavy atom. The third-order valence-corrected chi connectivity index (χ3v) is 6.91. The summed E-state index contributed by atoms with van der Waals surface area (Å²) >= 11 is 1.65. The highest BCUT2D eigenvalue weighted by Crippen LogP contribution is 2.43. The van der Waals surface area contributed by atoms with E-state index < -0.39 is 23.2 Å². The van der Waals surface area contributed by atoms with E-state index in [-0.39, 0.29) is 16.9 Å². The van der Waals surface area contributed by atoms with Gasteiger partial charge in [-0.3, -0.25) is 9.36 Å². The second-order valence-electron chi connectivity index (χ2n) is 8.95. The topological polar surface area (TPSA) is 119 Å². The van der Waals surface area contributed by atoms with Crippen molar-refractivity contribution in [1.82, 2.24) is 9.55 Å². The van der Waals surface area contributed by atoms with Crippen LogP contribution in [0.3, 0.4) is 0 Å². The number of pyridine rings is 2. The number of benzene rings is 2. The Bertz CT molecular complexity index is 1540. The van der Waals surface area contributed by atoms with Gasteiger partial charge in [-0.15, -0.1) is 11.8 Å². The average molecular weight is 539 g/mol. The smallest absolute Gasteiger partial charge is 0.341 e. The van der Waals surface area contributed by atoms with E-state index in [4.69, 9.17) is 15.6 Å². The van der Waals surface area contributed by atoms with Crippen LogP contribution in [0.5, 0.6) is 11.5 Å². The van der Waals surface area contributed by atoms with Crippen LogP contribution in [-0.4, -0.2) is 31.9 Å². The molecule has 0 saturated carbocycles. The minimum atomic E-state index is -1.29. The molecule has 4 N–H and O–H groups in total. The van der Waals surface area contributed by atoms with Gasteiger partial charge in [-0.25, -0.2) is 18.6 Å². The Hall–Kier alpha value is -4.38. The lowest BCUT2D eigenvalue weighted by Gasteiger charge is -2.32. The lowest BCUT2D eigenvalue weighted by atomic mass is 10.1. The Morgan fingerprint density at radius 1 is 1.13 bits per heavy atom. The maximum Gasteiger partial charge on any atom is 0.341 e. The van der Waals surface area contributed by atoms with E-state index >= 15 is 0 Å². The molecule has 2 aromatic carbocycles. The van der Waals surface area contributed by atoms with Crippen LogP contribution in [0.2, 0.25) is 0 Å². The van der Waals surface area contributed by atoms with Crippen LogP contribution in [0.25, 0.3) is 5.69 Å². The normalized spacial score (nSPS) is 13.4. The maximum absolute atomic E-state index is 13.8. The lowest BCUT2D eigenvalue weighted by Crippen LogP contribution is -2.36. The number of carboxylic acid groups (broad SMARTS) is 1. The van der Waals surface area contributed by atoms with Gasteiger partial charge >= 0.3 is 5.97 Å². The van der Waals surface area contributed by atoms with Crippen molar-refractivity contribution >= 4 is 29.2 Å². The first kappa shape index (κ1) is 26.7. The van der Waals surface area contributed by atoms with Gasteiger partial charge in [0.1, 0.15) is 22.9 Å². The van der Waals surface area contributed by atoms with E-state index in [1.807, 2.05) is 0 Å². The second kappa shape index (κ2) is 10.9. The number of halogens is 2. The van der Waals surface area contributed by atoms with Gasteiger partial charge in [0.15, 0.2) is 11.6 Å². The number of ether oxygens (including phenoxy) is 1. The zero-order valence-corrected chi connectivity index (χ0v) is 21.3. The minimum absolute atomic E-state index is 0.0320. The summed E-state index contributed by atoms with van der Waals surface area (Å²) in [5.41, 5.74) is 5.33. The lowest BCUT2D eigenvalue weighted by molar-refractivity contribution is 0.0694. The largest absolute Gasteiger partial charge is 0.477 e. The first-order valence-corrected chi connectivity index (χ1v) is 12.4. The summed E-state index contributed by atoms with van der Waals surface area (Å²) < 4.78 is 33.4. The van der Waals surface area contributed by atoms with Gasteiger partial charge < -0.3 is 20.9 Å². The molecule has 0 spiro atoms. The maximum atomic E-state index is 13.8. The fourth-order valence-corrected chi connectivity index (χ4v) is 4.60. The predicted molar refractivity (Wildman–Crippen MR) is 143 cm³/mol. The molecule has 0 aliphatic carbocycles. The predicted octanol–water partition coefficient (Wildman–Crippen LogP) is 5.57. The van der Waals surface area contributed by atoms with Crippen molar-refractivity contribution < 1.29 is 23.4 Å². The van der Waals surface area contributed by atoms with E-state index in [2.05, 4.69) is 24.1 Å². The molecule has 0 bridgehead atoms. The number of aromatic nitrogens is 2. The summed E-state index contributed by atoms with van der Waals surface area (Å²) in [7, 11) is 0. The molecule has 0 fully saturated rings. The number of aromatic carboxylic acids is 1. The van der Waals surface area contributed by atoms with Gasteiger partial charge in [-0.05, 0) is 62.4 Å². The van der Waals surface area contributed by atoms with Crippen molar-refractivity contribution in [2.45, 2.75) is 24.3 Å². The van der Waals surface area contributed by atoms with E-state index in [1.54, 1.807) is 30.1 Å². The molecular formula is C27H24F2N4O4S. The molecule has 3 heterocycles. The summed E-state index contributed by atoms with van der Waals surface area (Å²) in [6, 6.07) is 14.0. The Balaban J connectivity index is 0.000000181. The summed E-state index contributed by atoms with van der Waals surface area (Å²) in [4.78, 5) is 27.8. The summed E-state index contributed by atoms with van der Waals surface area (Å²) in [5, 5.41) is 12.2. The van der Waals surface area contributed by atoms with Crippen LogP contribution >= 0.6 is 11.8 Å². The quantitative estimate of drug-likeness (QED) is 0.289. The third-order valence-electron chi connectivity index (χ3n) is 5.36. The van der Waals surface area contributed by atoms with E-state index in [0.717, 1.165) is 21.0 Å². The molecule has 1 aliphatic heterocycles. The van der Waals surface area contributed by atoms with Gasteiger partial charge in [0, 0.05) is 47.2 Å². The highest BCUT2D eigenvalue weighted by Gasteiger charge is 2.28. The molecule has 8 nitrogen and oxygen atoms in total. The van der Waals surface area contributed by atoms with Crippen LogP contribution < -0.4 is 21.3 Å². The Morgan fingerprint density at radius 2 is 1.87 bits per heavy atom. The summed E-state index contributed by atoms with van der Waals surface area (Å²) in [6.45, 7) is 4.22. The van der Waals surface area contributed by atoms with Crippen molar-refractivity contribution in [3.8, 4) is 17.2 Å². The number of nitrogens with two attached hydrogens (primary N) is 1. The number of hydrogen-bond donors (Lipinski definition) is 3. The summed E-state index contributed by atoms with van der Waals surface area (Å²) in [5.74, 6) is 0.216. The van der Waals surface area contributed by atoms with Crippen LogP contribution in [0.15, 0.2) is 82.7 Å². The molecule has 11 heteroatoms. The van der Waals surface area contributed by atoms with Crippen molar-refractivity contribution in [2.24, 2.45) is 0 Å². The first-order chi connectivity index (χ1) is 18.0. The van der Waals surface area contributed by atoms with Crippen molar-refractivity contribution in [1.29, 1.82) is 0 Å². The van der Waals surface area contributed by atoms with Gasteiger partial charge in [0.05, 0.1) is 4.90 Å². The van der Waals surface area contributed by atoms with Crippen LogP contribution in [0.4, 0.5) is 20.3 Å². The molecule has 0 unspecified atom stereocenters. The molecule has 2 aromatic heterocycles. The molecule has 1 aliphatic rings. The molecule has 0 saturated heterocycles. The summed E-state index contributed by atoms with van der Waals surface area (Å²) in [6.07, 6.45) is 3.08. The number of nitrogens with zero attached hydrogens (tertiary/aromatic N) is 2. The number of thioether (sulfide) groups is 1. The molecule has 196 valence electrons. The molecule has 5 rings (SSSR count). The van der Waals surface area contributed by atoms with Gasteiger partial charge in [-0.1, -0.05) is 0 Å². The number of fused-ring (bicyclic) bond motifs is 1. The Kier molecular flexibility index (Phi) is 7.67. The molecule has 0 atom stereocenters. The standard InChI is InChI=1S/C15H16FN3OS.C12H8FNO3/c1-15(2)8-21-13-12(5-6-18-14(13)19-15)20-11-4-3-9(17)7-10(11)16;13-8-3-5-9(6-4-8)14-7-1-2-10(11(14)15)12(16)17/h3-7H,8,17H2,1-2H3,(H,18,19);1-7H,(H,16,17). The van der Waals surface area contributed by atoms with E-state index in [0.29, 0.717) is 17.1 Å². The molecule has 0 radical (unpaired) electrons. The van der Waals surface area contributed by atoms with Crippen LogP contribution in [0.1, 0.15) is 24.2 Å². The van der Waals surface area contributed by atoms with Gasteiger partial charge in [-0.2, -0.15) is 0 Å². The zero-order valence-electron chi connectivity index (χ0n) is 20.4. The highest BCUT2D eigenvalue weighted by molar-refractivity contribution is 7.99. The van der Waals surface area contributed by atoms with Gasteiger partial charge in [0.25, 0.3) is 5.56 Å². The molecule has 38 heavy (non-hydrogen) atoms. The fraction of sp³-hybridized carbons (Fsp3) is 0.148. The average Bonchev–Trinajstić information content (AvgIpc) is 2.86. The zero-order chi connectivity index (χ0) is 27.4. The number of hydrogen-bond acceptors (Lipinski definition) is 7. The number of anilines is 2. The van der Waals surface area contributed by atoms with Crippen LogP contribution in [-0.2, 0) is 0 Å². The van der Waals surface area contributed by atoms with Crippen molar-refractivity contribution in [3.63, 3.8) is 0 Å². The fourth-order valence-electron chi connectivity index (χ4n) is 3.53. The molecular weight excluding hydrogens is 514 g/mol. The van der Waals surface area contributed by atoms with Gasteiger partial charge in [0.2, 0.25) is 0 Å². The second-order valence-corrected chi connectivity index (χ2v) is 9.94.